The average molecular weight is 178 g/mol. The van der Waals surface area contributed by atoms with E-state index < -0.39 is 23.8 Å². The topological polar surface area (TPSA) is 98.0 Å². The van der Waals surface area contributed by atoms with Gasteiger partial charge in [-0.1, -0.05) is 0 Å². The lowest BCUT2D eigenvalue weighted by Gasteiger charge is -2.25. The summed E-state index contributed by atoms with van der Waals surface area (Å²) in [7, 11) is 0. The lowest BCUT2D eigenvalue weighted by molar-refractivity contribution is -0.170. The molecule has 0 heterocycles. The number of carboxylic acids is 1. The molecule has 0 aromatic heterocycles. The van der Waals surface area contributed by atoms with Gasteiger partial charge in [-0.25, -0.2) is 4.79 Å². The summed E-state index contributed by atoms with van der Waals surface area (Å²) < 4.78 is 0. The molecule has 0 aliphatic heterocycles. The molecule has 0 aromatic rings. The van der Waals surface area contributed by atoms with Gasteiger partial charge in [0.15, 0.2) is 5.60 Å². The number of aliphatic hydroxyl groups excluding tert-OH is 2. The number of carbonyl (C=O) groups is 1. The molecule has 0 spiro atoms. The van der Waals surface area contributed by atoms with E-state index in [-0.39, 0.29) is 6.42 Å². The van der Waals surface area contributed by atoms with Gasteiger partial charge >= 0.3 is 5.97 Å². The van der Waals surface area contributed by atoms with Crippen LogP contribution in [-0.4, -0.2) is 44.2 Å². The van der Waals surface area contributed by atoms with Crippen LogP contribution in [0.3, 0.4) is 0 Å². The Morgan fingerprint density at radius 1 is 1.50 bits per heavy atom. The molecule has 3 unspecified atom stereocenters. The van der Waals surface area contributed by atoms with Crippen LogP contribution >= 0.6 is 0 Å². The van der Waals surface area contributed by atoms with Gasteiger partial charge in [-0.3, -0.25) is 0 Å². The van der Waals surface area contributed by atoms with Crippen molar-refractivity contribution in [3.63, 3.8) is 0 Å². The Morgan fingerprint density at radius 3 is 2.17 bits per heavy atom. The Morgan fingerprint density at radius 2 is 1.92 bits per heavy atom. The van der Waals surface area contributed by atoms with Crippen molar-refractivity contribution in [1.29, 1.82) is 0 Å². The van der Waals surface area contributed by atoms with Crippen molar-refractivity contribution in [1.82, 2.24) is 0 Å². The van der Waals surface area contributed by atoms with Crippen molar-refractivity contribution < 1.29 is 25.2 Å². The molecule has 4 N–H and O–H groups in total. The predicted molar refractivity (Wildman–Crippen MR) is 40.6 cm³/mol. The standard InChI is InChI=1S/C7H14O5/c1-4(8)3-5(9)7(2,12)6(10)11/h4-5,8-9,12H,3H2,1-2H3,(H,10,11). The molecule has 0 amide bonds. The molecular weight excluding hydrogens is 164 g/mol. The third-order valence-electron chi connectivity index (χ3n) is 1.65. The minimum Gasteiger partial charge on any atom is -0.479 e. The second kappa shape index (κ2) is 3.84. The van der Waals surface area contributed by atoms with Crippen LogP contribution < -0.4 is 0 Å². The third kappa shape index (κ3) is 2.77. The molecule has 0 bridgehead atoms. The summed E-state index contributed by atoms with van der Waals surface area (Å²) >= 11 is 0. The first kappa shape index (κ1) is 11.4. The van der Waals surface area contributed by atoms with Gasteiger partial charge in [-0.05, 0) is 13.8 Å². The fourth-order valence-corrected chi connectivity index (χ4v) is 0.695. The smallest absolute Gasteiger partial charge is 0.338 e. The quantitative estimate of drug-likeness (QED) is 0.440. The molecule has 0 saturated carbocycles. The molecule has 0 radical (unpaired) electrons. The minimum atomic E-state index is -2.20. The van der Waals surface area contributed by atoms with Crippen molar-refractivity contribution in [3.8, 4) is 0 Å². The molecule has 72 valence electrons. The molecule has 0 aliphatic rings. The highest BCUT2D eigenvalue weighted by atomic mass is 16.4. The highest BCUT2D eigenvalue weighted by molar-refractivity contribution is 5.77. The highest BCUT2D eigenvalue weighted by Gasteiger charge is 2.38. The number of aliphatic carboxylic acids is 1. The zero-order valence-electron chi connectivity index (χ0n) is 7.06. The van der Waals surface area contributed by atoms with Gasteiger partial charge in [0.05, 0.1) is 12.2 Å². The van der Waals surface area contributed by atoms with Crippen LogP contribution in [0.2, 0.25) is 0 Å². The molecule has 0 aromatic carbocycles. The van der Waals surface area contributed by atoms with Crippen molar-refractivity contribution in [2.75, 3.05) is 0 Å². The van der Waals surface area contributed by atoms with Gasteiger partial charge < -0.3 is 20.4 Å². The second-order valence-electron chi connectivity index (χ2n) is 3.05. The zero-order valence-corrected chi connectivity index (χ0v) is 7.06. The predicted octanol–water partition coefficient (Wildman–Crippen LogP) is -1.05. The molecule has 0 aliphatic carbocycles. The van der Waals surface area contributed by atoms with Crippen molar-refractivity contribution in [3.05, 3.63) is 0 Å². The van der Waals surface area contributed by atoms with Gasteiger partial charge in [-0.2, -0.15) is 0 Å². The van der Waals surface area contributed by atoms with Gasteiger partial charge in [-0.15, -0.1) is 0 Å². The summed E-state index contributed by atoms with van der Waals surface area (Å²) in [6.45, 7) is 2.39. The Labute approximate surface area is 70.3 Å². The largest absolute Gasteiger partial charge is 0.479 e. The number of hydrogen-bond acceptors (Lipinski definition) is 4. The molecular formula is C7H14O5. The van der Waals surface area contributed by atoms with Gasteiger partial charge in [0.2, 0.25) is 0 Å². The Balaban J connectivity index is 4.25. The van der Waals surface area contributed by atoms with Crippen molar-refractivity contribution >= 4 is 5.97 Å². The molecule has 0 rings (SSSR count). The van der Waals surface area contributed by atoms with Gasteiger partial charge in [0.25, 0.3) is 0 Å². The lowest BCUT2D eigenvalue weighted by Crippen LogP contribution is -2.47. The summed E-state index contributed by atoms with van der Waals surface area (Å²) in [6.07, 6.45) is -2.47. The molecule has 3 atom stereocenters. The molecule has 5 heteroatoms. The maximum Gasteiger partial charge on any atom is 0.338 e. The summed E-state index contributed by atoms with van der Waals surface area (Å²) in [6, 6.07) is 0. The normalized spacial score (nSPS) is 21.1. The Hall–Kier alpha value is -0.650. The van der Waals surface area contributed by atoms with Crippen LogP contribution in [0.25, 0.3) is 0 Å². The first-order chi connectivity index (χ1) is 5.28. The van der Waals surface area contributed by atoms with E-state index >= 15 is 0 Å². The van der Waals surface area contributed by atoms with E-state index in [1.807, 2.05) is 0 Å². The van der Waals surface area contributed by atoms with E-state index in [0.717, 1.165) is 6.92 Å². The van der Waals surface area contributed by atoms with Crippen LogP contribution in [0.4, 0.5) is 0 Å². The van der Waals surface area contributed by atoms with E-state index in [1.165, 1.54) is 6.92 Å². The van der Waals surface area contributed by atoms with Crippen molar-refractivity contribution in [2.24, 2.45) is 0 Å². The monoisotopic (exact) mass is 178 g/mol. The Bertz CT molecular complexity index is 163. The molecule has 12 heavy (non-hydrogen) atoms. The summed E-state index contributed by atoms with van der Waals surface area (Å²) in [4.78, 5) is 10.4. The van der Waals surface area contributed by atoms with E-state index in [1.54, 1.807) is 0 Å². The third-order valence-corrected chi connectivity index (χ3v) is 1.65. The maximum atomic E-state index is 10.4. The molecule has 0 fully saturated rings. The molecule has 5 nitrogen and oxygen atoms in total. The second-order valence-corrected chi connectivity index (χ2v) is 3.05. The van der Waals surface area contributed by atoms with Crippen LogP contribution in [0.1, 0.15) is 20.3 Å². The number of carboxylic acid groups (broad SMARTS) is 1. The first-order valence-electron chi connectivity index (χ1n) is 3.60. The highest BCUT2D eigenvalue weighted by Crippen LogP contribution is 2.14. The zero-order chi connectivity index (χ0) is 9.94. The van der Waals surface area contributed by atoms with E-state index in [2.05, 4.69) is 0 Å². The fraction of sp³-hybridized carbons (Fsp3) is 0.857. The van der Waals surface area contributed by atoms with E-state index in [0.29, 0.717) is 0 Å². The van der Waals surface area contributed by atoms with Crippen LogP contribution in [0.15, 0.2) is 0 Å². The van der Waals surface area contributed by atoms with Gasteiger partial charge in [0.1, 0.15) is 0 Å². The summed E-state index contributed by atoms with van der Waals surface area (Å²) in [5.74, 6) is -1.50. The van der Waals surface area contributed by atoms with E-state index in [4.69, 9.17) is 20.4 Å². The SMILES string of the molecule is CC(O)CC(O)C(C)(O)C(=O)O. The maximum absolute atomic E-state index is 10.4. The number of rotatable bonds is 4. The van der Waals surface area contributed by atoms with Gasteiger partial charge in [0, 0.05) is 6.42 Å². The van der Waals surface area contributed by atoms with E-state index in [9.17, 15) is 4.79 Å². The fourth-order valence-electron chi connectivity index (χ4n) is 0.695. The first-order valence-corrected chi connectivity index (χ1v) is 3.60. The molecule has 0 saturated heterocycles. The lowest BCUT2D eigenvalue weighted by atomic mass is 9.95. The van der Waals surface area contributed by atoms with Crippen LogP contribution in [0.5, 0.6) is 0 Å². The summed E-state index contributed by atoms with van der Waals surface area (Å²) in [5.41, 5.74) is -2.20. The average Bonchev–Trinajstić information content (AvgIpc) is 1.85. The minimum absolute atomic E-state index is 0.167. The Kier molecular flexibility index (Phi) is 3.63. The number of aliphatic hydroxyl groups is 3. The van der Waals surface area contributed by atoms with Crippen LogP contribution in [-0.2, 0) is 4.79 Å². The summed E-state index contributed by atoms with van der Waals surface area (Å²) in [5, 5.41) is 35.5. The van der Waals surface area contributed by atoms with Crippen LogP contribution in [0, 0.1) is 0 Å². The van der Waals surface area contributed by atoms with Crippen molar-refractivity contribution in [2.45, 2.75) is 38.1 Å². The number of hydrogen-bond donors (Lipinski definition) is 4.